The average molecular weight is 247 g/mol. The lowest BCUT2D eigenvalue weighted by Gasteiger charge is -2.16. The molecule has 1 aromatic rings. The van der Waals surface area contributed by atoms with E-state index in [9.17, 15) is 0 Å². The van der Waals surface area contributed by atoms with Crippen LogP contribution in [0, 0.1) is 13.8 Å². The Morgan fingerprint density at radius 3 is 1.71 bits per heavy atom. The Labute approximate surface area is 109 Å². The van der Waals surface area contributed by atoms with Crippen LogP contribution in [0.2, 0.25) is 12.1 Å². The molecule has 0 atom stereocenters. The van der Waals surface area contributed by atoms with Crippen LogP contribution in [0.15, 0.2) is 18.2 Å². The second-order valence-electron chi connectivity index (χ2n) is 5.19. The van der Waals surface area contributed by atoms with Gasteiger partial charge in [0, 0.05) is 0 Å². The summed E-state index contributed by atoms with van der Waals surface area (Å²) >= 11 is 0. The van der Waals surface area contributed by atoms with Gasteiger partial charge in [0.05, 0.1) is 8.80 Å². The van der Waals surface area contributed by atoms with Crippen molar-refractivity contribution in [3.05, 3.63) is 29.3 Å². The first-order valence-electron chi connectivity index (χ1n) is 7.10. The number of benzene rings is 1. The average Bonchev–Trinajstić information content (AvgIpc) is 2.28. The maximum absolute atomic E-state index is 2.44. The third-order valence-electron chi connectivity index (χ3n) is 3.29. The monoisotopic (exact) mass is 247 g/mol. The molecule has 0 nitrogen and oxygen atoms in total. The van der Waals surface area contributed by atoms with Crippen molar-refractivity contribution in [1.82, 2.24) is 0 Å². The van der Waals surface area contributed by atoms with Crippen molar-refractivity contribution in [1.29, 1.82) is 0 Å². The fourth-order valence-electron chi connectivity index (χ4n) is 2.37. The van der Waals surface area contributed by atoms with Crippen molar-refractivity contribution in [2.75, 3.05) is 0 Å². The lowest BCUT2D eigenvalue weighted by atomic mass is 10.2. The van der Waals surface area contributed by atoms with Gasteiger partial charge < -0.3 is 0 Å². The minimum Gasteiger partial charge on any atom is -0.0654 e. The summed E-state index contributed by atoms with van der Waals surface area (Å²) < 4.78 is 0. The van der Waals surface area contributed by atoms with Crippen LogP contribution >= 0.6 is 0 Å². The highest BCUT2D eigenvalue weighted by Gasteiger charge is 2.13. The van der Waals surface area contributed by atoms with Crippen LogP contribution < -0.4 is 5.19 Å². The highest BCUT2D eigenvalue weighted by molar-refractivity contribution is 6.73. The van der Waals surface area contributed by atoms with Crippen LogP contribution in [0.3, 0.4) is 0 Å². The van der Waals surface area contributed by atoms with E-state index in [1.165, 1.54) is 48.9 Å². The minimum atomic E-state index is -0.292. The van der Waals surface area contributed by atoms with Gasteiger partial charge in [0.1, 0.15) is 0 Å². The van der Waals surface area contributed by atoms with Crippen LogP contribution in [0.5, 0.6) is 0 Å². The molecule has 0 fully saturated rings. The van der Waals surface area contributed by atoms with Crippen molar-refractivity contribution in [3.63, 3.8) is 0 Å². The van der Waals surface area contributed by atoms with Crippen LogP contribution in [-0.4, -0.2) is 8.80 Å². The van der Waals surface area contributed by atoms with Gasteiger partial charge in [-0.1, -0.05) is 86.1 Å². The van der Waals surface area contributed by atoms with Crippen molar-refractivity contribution >= 4 is 14.0 Å². The van der Waals surface area contributed by atoms with Gasteiger partial charge in [-0.15, -0.1) is 0 Å². The van der Waals surface area contributed by atoms with Crippen molar-refractivity contribution in [3.8, 4) is 0 Å². The molecule has 0 saturated carbocycles. The van der Waals surface area contributed by atoms with Gasteiger partial charge in [-0.2, -0.15) is 0 Å². The van der Waals surface area contributed by atoms with Crippen molar-refractivity contribution < 1.29 is 0 Å². The van der Waals surface area contributed by atoms with E-state index in [0.717, 1.165) is 0 Å². The zero-order chi connectivity index (χ0) is 12.7. The number of hydrogen-bond donors (Lipinski definition) is 0. The molecule has 1 aromatic carbocycles. The predicted molar refractivity (Wildman–Crippen MR) is 80.7 cm³/mol. The summed E-state index contributed by atoms with van der Waals surface area (Å²) in [6.45, 7) is 9.08. The zero-order valence-corrected chi connectivity index (χ0v) is 13.0. The third-order valence-corrected chi connectivity index (χ3v) is 6.31. The molecule has 0 saturated heterocycles. The van der Waals surface area contributed by atoms with Gasteiger partial charge in [-0.3, -0.25) is 0 Å². The summed E-state index contributed by atoms with van der Waals surface area (Å²) in [5.41, 5.74) is 2.88. The number of aryl methyl sites for hydroxylation is 2. The van der Waals surface area contributed by atoms with E-state index < -0.39 is 0 Å². The SMILES string of the molecule is CCCC[Si](CCCC)c1cc(C)cc(C)c1. The molecule has 0 bridgehead atoms. The van der Waals surface area contributed by atoms with Crippen molar-refractivity contribution in [2.45, 2.75) is 65.5 Å². The van der Waals surface area contributed by atoms with Gasteiger partial charge in [-0.25, -0.2) is 0 Å². The molecule has 1 radical (unpaired) electrons. The highest BCUT2D eigenvalue weighted by atomic mass is 28.3. The Balaban J connectivity index is 2.78. The maximum atomic E-state index is 2.44. The first kappa shape index (κ1) is 14.5. The van der Waals surface area contributed by atoms with Gasteiger partial charge in [0.15, 0.2) is 0 Å². The minimum absolute atomic E-state index is 0.292. The van der Waals surface area contributed by atoms with E-state index in [1.807, 2.05) is 0 Å². The molecular formula is C16H27Si. The molecule has 0 aliphatic rings. The van der Waals surface area contributed by atoms with Crippen LogP contribution in [0.4, 0.5) is 0 Å². The van der Waals surface area contributed by atoms with Gasteiger partial charge >= 0.3 is 0 Å². The predicted octanol–water partition coefficient (Wildman–Crippen LogP) is 4.61. The Hall–Kier alpha value is -0.563. The highest BCUT2D eigenvalue weighted by Crippen LogP contribution is 2.12. The summed E-state index contributed by atoms with van der Waals surface area (Å²) in [7, 11) is -0.292. The van der Waals surface area contributed by atoms with E-state index >= 15 is 0 Å². The second-order valence-corrected chi connectivity index (χ2v) is 7.97. The Kier molecular flexibility index (Phi) is 6.57. The molecule has 0 spiro atoms. The van der Waals surface area contributed by atoms with Crippen LogP contribution in [-0.2, 0) is 0 Å². The topological polar surface area (TPSA) is 0 Å². The van der Waals surface area contributed by atoms with Gasteiger partial charge in [0.2, 0.25) is 0 Å². The Morgan fingerprint density at radius 1 is 0.824 bits per heavy atom. The quantitative estimate of drug-likeness (QED) is 0.617. The van der Waals surface area contributed by atoms with E-state index in [0.29, 0.717) is 0 Å². The fourth-order valence-corrected chi connectivity index (χ4v) is 5.62. The lowest BCUT2D eigenvalue weighted by Crippen LogP contribution is -2.30. The standard InChI is InChI=1S/C16H27Si/c1-5-7-9-17(10-8-6-2)16-12-14(3)11-15(4)13-16/h11-13H,5-10H2,1-4H3. The normalized spacial score (nSPS) is 11.1. The number of rotatable bonds is 7. The molecule has 0 aliphatic heterocycles. The molecule has 17 heavy (non-hydrogen) atoms. The lowest BCUT2D eigenvalue weighted by molar-refractivity contribution is 0.845. The fraction of sp³-hybridized carbons (Fsp3) is 0.625. The van der Waals surface area contributed by atoms with Crippen molar-refractivity contribution in [2.24, 2.45) is 0 Å². The molecule has 0 heterocycles. The molecule has 0 amide bonds. The van der Waals surface area contributed by atoms with E-state index in [2.05, 4.69) is 45.9 Å². The Morgan fingerprint density at radius 2 is 1.29 bits per heavy atom. The second kappa shape index (κ2) is 7.70. The maximum Gasteiger partial charge on any atom is 0.0856 e. The summed E-state index contributed by atoms with van der Waals surface area (Å²) in [5.74, 6) is 0. The molecule has 0 N–H and O–H groups in total. The molecule has 0 unspecified atom stereocenters. The first-order chi connectivity index (χ1) is 8.17. The van der Waals surface area contributed by atoms with Gasteiger partial charge in [-0.05, 0) is 13.8 Å². The molecule has 1 heteroatoms. The number of unbranched alkanes of at least 4 members (excludes halogenated alkanes) is 2. The summed E-state index contributed by atoms with van der Waals surface area (Å²) in [6.07, 6.45) is 5.49. The Bertz CT molecular complexity index is 302. The largest absolute Gasteiger partial charge is 0.0856 e. The molecule has 0 aromatic heterocycles. The smallest absolute Gasteiger partial charge is 0.0654 e. The number of hydrogen-bond acceptors (Lipinski definition) is 0. The molecular weight excluding hydrogens is 220 g/mol. The van der Waals surface area contributed by atoms with E-state index in [4.69, 9.17) is 0 Å². The molecule has 0 aliphatic carbocycles. The molecule has 95 valence electrons. The van der Waals surface area contributed by atoms with Crippen LogP contribution in [0.25, 0.3) is 0 Å². The third kappa shape index (κ3) is 5.07. The van der Waals surface area contributed by atoms with E-state index in [1.54, 1.807) is 5.19 Å². The summed E-state index contributed by atoms with van der Waals surface area (Å²) in [6, 6.07) is 10.1. The zero-order valence-electron chi connectivity index (χ0n) is 12.0. The summed E-state index contributed by atoms with van der Waals surface area (Å²) in [5, 5.41) is 1.68. The van der Waals surface area contributed by atoms with E-state index in [-0.39, 0.29) is 8.80 Å². The van der Waals surface area contributed by atoms with Gasteiger partial charge in [0.25, 0.3) is 0 Å². The summed E-state index contributed by atoms with van der Waals surface area (Å²) in [4.78, 5) is 0. The first-order valence-corrected chi connectivity index (χ1v) is 9.02. The van der Waals surface area contributed by atoms with Crippen LogP contribution in [0.1, 0.15) is 50.7 Å². The molecule has 1 rings (SSSR count).